The Morgan fingerprint density at radius 3 is 2.04 bits per heavy atom. The van der Waals surface area contributed by atoms with Crippen LogP contribution in [0.25, 0.3) is 0 Å². The van der Waals surface area contributed by atoms with E-state index in [1.165, 1.54) is 19.2 Å². The molecule has 0 aromatic heterocycles. The van der Waals surface area contributed by atoms with Crippen LogP contribution in [0.2, 0.25) is 0 Å². The molecule has 2 aromatic rings. The normalized spacial score (nSPS) is 17.4. The Hall–Kier alpha value is -2.58. The largest absolute Gasteiger partial charge is 0.497 e. The number of methoxy groups -OCH3 is 2. The van der Waals surface area contributed by atoms with E-state index in [2.05, 4.69) is 4.72 Å². The molecule has 1 amide bonds. The van der Waals surface area contributed by atoms with Crippen LogP contribution in [0.3, 0.4) is 0 Å². The summed E-state index contributed by atoms with van der Waals surface area (Å²) in [5.41, 5.74) is 0.710. The number of nitrogens with zero attached hydrogens (tertiary/aromatic N) is 1. The standard InChI is InChI=1S/C18H20N2O5S/c1-24-15-5-3-14(4-6-15)20-12-13(11-18(20)21)19-26(22,23)17-9-7-16(25-2)8-10-17/h3-10,13,19H,11-12H2,1-2H3/t13-/m1/s1. The fraction of sp³-hybridized carbons (Fsp3) is 0.278. The highest BCUT2D eigenvalue weighted by Gasteiger charge is 2.33. The van der Waals surface area contributed by atoms with Crippen LogP contribution < -0.4 is 19.1 Å². The number of hydrogen-bond acceptors (Lipinski definition) is 5. The maximum Gasteiger partial charge on any atom is 0.240 e. The molecule has 0 bridgehead atoms. The van der Waals surface area contributed by atoms with Crippen LogP contribution in [-0.4, -0.2) is 41.1 Å². The van der Waals surface area contributed by atoms with Crippen molar-refractivity contribution < 1.29 is 22.7 Å². The Bertz CT molecular complexity index is 879. The van der Waals surface area contributed by atoms with Gasteiger partial charge in [-0.25, -0.2) is 13.1 Å². The highest BCUT2D eigenvalue weighted by Crippen LogP contribution is 2.25. The molecule has 7 nitrogen and oxygen atoms in total. The van der Waals surface area contributed by atoms with Crippen LogP contribution in [0.1, 0.15) is 6.42 Å². The summed E-state index contributed by atoms with van der Waals surface area (Å²) in [5.74, 6) is 1.14. The molecule has 0 spiro atoms. The van der Waals surface area contributed by atoms with Gasteiger partial charge in [-0.05, 0) is 48.5 Å². The minimum atomic E-state index is -3.71. The first-order valence-corrected chi connectivity index (χ1v) is 9.52. The maximum atomic E-state index is 12.5. The van der Waals surface area contributed by atoms with Crippen molar-refractivity contribution in [2.75, 3.05) is 25.7 Å². The number of benzene rings is 2. The molecule has 0 saturated carbocycles. The topological polar surface area (TPSA) is 84.9 Å². The number of rotatable bonds is 6. The van der Waals surface area contributed by atoms with Gasteiger partial charge in [0.15, 0.2) is 0 Å². The van der Waals surface area contributed by atoms with Crippen LogP contribution in [0, 0.1) is 0 Å². The van der Waals surface area contributed by atoms with Gasteiger partial charge in [0.25, 0.3) is 0 Å². The zero-order valence-corrected chi connectivity index (χ0v) is 15.3. The lowest BCUT2D eigenvalue weighted by molar-refractivity contribution is -0.117. The third-order valence-electron chi connectivity index (χ3n) is 4.20. The number of anilines is 1. The highest BCUT2D eigenvalue weighted by atomic mass is 32.2. The van der Waals surface area contributed by atoms with E-state index in [-0.39, 0.29) is 23.8 Å². The average Bonchev–Trinajstić information content (AvgIpc) is 3.01. The highest BCUT2D eigenvalue weighted by molar-refractivity contribution is 7.89. The third kappa shape index (κ3) is 3.81. The molecule has 1 saturated heterocycles. The minimum absolute atomic E-state index is 0.113. The molecule has 1 atom stereocenters. The monoisotopic (exact) mass is 376 g/mol. The van der Waals surface area contributed by atoms with E-state index in [0.29, 0.717) is 17.2 Å². The Morgan fingerprint density at radius 1 is 0.962 bits per heavy atom. The molecule has 1 heterocycles. The number of sulfonamides is 1. The number of amides is 1. The maximum absolute atomic E-state index is 12.5. The summed E-state index contributed by atoms with van der Waals surface area (Å²) in [6, 6.07) is 12.7. The van der Waals surface area contributed by atoms with Crippen LogP contribution >= 0.6 is 0 Å². The molecule has 1 fully saturated rings. The third-order valence-corrected chi connectivity index (χ3v) is 5.74. The zero-order chi connectivity index (χ0) is 18.7. The number of carbonyl (C=O) groups excluding carboxylic acids is 1. The van der Waals surface area contributed by atoms with Gasteiger partial charge < -0.3 is 14.4 Å². The zero-order valence-electron chi connectivity index (χ0n) is 14.5. The summed E-state index contributed by atoms with van der Waals surface area (Å²) in [7, 11) is -0.630. The van der Waals surface area contributed by atoms with Gasteiger partial charge in [-0.15, -0.1) is 0 Å². The van der Waals surface area contributed by atoms with Crippen LogP contribution in [0.4, 0.5) is 5.69 Å². The molecule has 1 aliphatic rings. The summed E-state index contributed by atoms with van der Waals surface area (Å²) >= 11 is 0. The van der Waals surface area contributed by atoms with Crippen molar-refractivity contribution in [1.82, 2.24) is 4.72 Å². The summed E-state index contributed by atoms with van der Waals surface area (Å²) in [5, 5.41) is 0. The first kappa shape index (κ1) is 18.2. The lowest BCUT2D eigenvalue weighted by atomic mass is 10.3. The molecule has 0 radical (unpaired) electrons. The molecule has 8 heteroatoms. The summed E-state index contributed by atoms with van der Waals surface area (Å²) in [6.07, 6.45) is 0.113. The second-order valence-electron chi connectivity index (χ2n) is 5.90. The number of nitrogens with one attached hydrogen (secondary N) is 1. The molecule has 1 aliphatic heterocycles. The molecule has 3 rings (SSSR count). The van der Waals surface area contributed by atoms with Crippen molar-refractivity contribution in [2.45, 2.75) is 17.4 Å². The van der Waals surface area contributed by atoms with E-state index >= 15 is 0 Å². The Morgan fingerprint density at radius 2 is 1.50 bits per heavy atom. The van der Waals surface area contributed by atoms with Gasteiger partial charge in [0, 0.05) is 24.7 Å². The van der Waals surface area contributed by atoms with Gasteiger partial charge >= 0.3 is 0 Å². The number of carbonyl (C=O) groups is 1. The van der Waals surface area contributed by atoms with Crippen LogP contribution in [-0.2, 0) is 14.8 Å². The second-order valence-corrected chi connectivity index (χ2v) is 7.61. The van der Waals surface area contributed by atoms with Crippen LogP contribution in [0.15, 0.2) is 53.4 Å². The van der Waals surface area contributed by atoms with Gasteiger partial charge in [0.05, 0.1) is 19.1 Å². The van der Waals surface area contributed by atoms with Crippen molar-refractivity contribution in [3.05, 3.63) is 48.5 Å². The van der Waals surface area contributed by atoms with E-state index < -0.39 is 16.1 Å². The predicted molar refractivity (Wildman–Crippen MR) is 97.1 cm³/mol. The van der Waals surface area contributed by atoms with Crippen molar-refractivity contribution in [3.63, 3.8) is 0 Å². The predicted octanol–water partition coefficient (Wildman–Crippen LogP) is 1.79. The van der Waals surface area contributed by atoms with Crippen molar-refractivity contribution >= 4 is 21.6 Å². The summed E-state index contributed by atoms with van der Waals surface area (Å²) < 4.78 is 37.8. The molecular weight excluding hydrogens is 356 g/mol. The minimum Gasteiger partial charge on any atom is -0.497 e. The van der Waals surface area contributed by atoms with E-state index in [0.717, 1.165) is 0 Å². The lowest BCUT2D eigenvalue weighted by Gasteiger charge is -2.17. The fourth-order valence-electron chi connectivity index (χ4n) is 2.84. The quantitative estimate of drug-likeness (QED) is 0.831. The van der Waals surface area contributed by atoms with Crippen LogP contribution in [0.5, 0.6) is 11.5 Å². The molecule has 0 aliphatic carbocycles. The van der Waals surface area contributed by atoms with Gasteiger partial charge in [-0.1, -0.05) is 0 Å². The second kappa shape index (κ2) is 7.35. The van der Waals surface area contributed by atoms with Gasteiger partial charge in [-0.3, -0.25) is 4.79 Å². The van der Waals surface area contributed by atoms with E-state index in [9.17, 15) is 13.2 Å². The summed E-state index contributed by atoms with van der Waals surface area (Å²) in [4.78, 5) is 14.0. The molecule has 138 valence electrons. The first-order valence-electron chi connectivity index (χ1n) is 8.04. The Kier molecular flexibility index (Phi) is 5.15. The molecule has 1 N–H and O–H groups in total. The van der Waals surface area contributed by atoms with Gasteiger partial charge in [-0.2, -0.15) is 0 Å². The van der Waals surface area contributed by atoms with Crippen molar-refractivity contribution in [3.8, 4) is 11.5 Å². The Balaban J connectivity index is 1.71. The summed E-state index contributed by atoms with van der Waals surface area (Å²) in [6.45, 7) is 0.278. The van der Waals surface area contributed by atoms with Gasteiger partial charge in [0.1, 0.15) is 11.5 Å². The SMILES string of the molecule is COc1ccc(N2C[C@H](NS(=O)(=O)c3ccc(OC)cc3)CC2=O)cc1. The number of ether oxygens (including phenoxy) is 2. The lowest BCUT2D eigenvalue weighted by Crippen LogP contribution is -2.37. The molecule has 0 unspecified atom stereocenters. The fourth-order valence-corrected chi connectivity index (χ4v) is 4.07. The van der Waals surface area contributed by atoms with E-state index in [1.807, 2.05) is 0 Å². The van der Waals surface area contributed by atoms with Crippen molar-refractivity contribution in [2.24, 2.45) is 0 Å². The molecule has 2 aromatic carbocycles. The van der Waals surface area contributed by atoms with Gasteiger partial charge in [0.2, 0.25) is 15.9 Å². The molecule has 26 heavy (non-hydrogen) atoms. The first-order chi connectivity index (χ1) is 12.4. The van der Waals surface area contributed by atoms with Crippen molar-refractivity contribution in [1.29, 1.82) is 0 Å². The smallest absolute Gasteiger partial charge is 0.240 e. The number of hydrogen-bond donors (Lipinski definition) is 1. The van der Waals surface area contributed by atoms with E-state index in [1.54, 1.807) is 48.4 Å². The molecular formula is C18H20N2O5S. The van der Waals surface area contributed by atoms with E-state index in [4.69, 9.17) is 9.47 Å². The average molecular weight is 376 g/mol. The Labute approximate surface area is 152 Å².